The zero-order valence-corrected chi connectivity index (χ0v) is 17.5. The van der Waals surface area contributed by atoms with Crippen molar-refractivity contribution in [3.8, 4) is 11.5 Å². The lowest BCUT2D eigenvalue weighted by atomic mass is 9.64. The van der Waals surface area contributed by atoms with E-state index in [0.29, 0.717) is 17.9 Å². The van der Waals surface area contributed by atoms with E-state index in [1.807, 2.05) is 25.3 Å². The van der Waals surface area contributed by atoms with E-state index < -0.39 is 37.6 Å². The number of likely N-dealkylation sites (N-methyl/N-ethyl adjacent to an activating group) is 1. The van der Waals surface area contributed by atoms with Gasteiger partial charge >= 0.3 is 14.0 Å². The molecule has 0 amide bonds. The number of piperidine rings is 1. The minimum absolute atomic E-state index is 0.0620. The molecule has 11 nitrogen and oxygen atoms in total. The standard InChI is InChI=1S/C19H20NO10P/c1-20-9-18-19(30-31(23,28-18)29-18)11-4-6-14(26-27-17(21)22)16(19)25-15-8-10(7-12(11)20)3-5-13(15)24-2/h3-6,8,11-12,14,16H,7,9H2,1-2H3,(H,21,22)/t11-,12-,14+,16-,18?,19+,31?/m1/s1. The van der Waals surface area contributed by atoms with Crippen LogP contribution in [0.5, 0.6) is 11.5 Å². The van der Waals surface area contributed by atoms with Crippen LogP contribution in [0, 0.1) is 5.92 Å². The van der Waals surface area contributed by atoms with Crippen LogP contribution in [0.1, 0.15) is 5.56 Å². The van der Waals surface area contributed by atoms with Gasteiger partial charge in [0.15, 0.2) is 29.3 Å². The maximum Gasteiger partial charge on any atom is 0.537 e. The molecule has 5 heterocycles. The highest BCUT2D eigenvalue weighted by atomic mass is 31.2. The van der Waals surface area contributed by atoms with E-state index in [1.54, 1.807) is 12.1 Å². The molecule has 2 spiro atoms. The molecule has 1 aromatic carbocycles. The fraction of sp³-hybridized carbons (Fsp3) is 0.526. The monoisotopic (exact) mass is 453 g/mol. The highest BCUT2D eigenvalue weighted by molar-refractivity contribution is 7.50. The first-order chi connectivity index (χ1) is 14.8. The van der Waals surface area contributed by atoms with Crippen LogP contribution in [0.15, 0.2) is 30.4 Å². The van der Waals surface area contributed by atoms with Crippen molar-refractivity contribution in [2.75, 3.05) is 20.7 Å². The zero-order chi connectivity index (χ0) is 21.6. The molecule has 0 aromatic heterocycles. The number of hydrogen-bond acceptors (Lipinski definition) is 10. The van der Waals surface area contributed by atoms with Gasteiger partial charge in [-0.3, -0.25) is 14.3 Å². The highest BCUT2D eigenvalue weighted by Crippen LogP contribution is 2.81. The summed E-state index contributed by atoms with van der Waals surface area (Å²) in [5, 5.41) is 8.94. The van der Waals surface area contributed by atoms with Gasteiger partial charge in [-0.25, -0.2) is 18.4 Å². The second-order valence-electron chi connectivity index (χ2n) is 8.30. The molecule has 0 radical (unpaired) electrons. The summed E-state index contributed by atoms with van der Waals surface area (Å²) in [5.74, 6) is -0.821. The summed E-state index contributed by atoms with van der Waals surface area (Å²) >= 11 is 0. The summed E-state index contributed by atoms with van der Waals surface area (Å²) in [4.78, 5) is 22.7. The number of likely N-dealkylation sites (tertiary alicyclic amines) is 1. The van der Waals surface area contributed by atoms with Gasteiger partial charge in [0, 0.05) is 12.0 Å². The fourth-order valence-corrected chi connectivity index (χ4v) is 7.49. The third-order valence-corrected chi connectivity index (χ3v) is 8.26. The average Bonchev–Trinajstić information content (AvgIpc) is 3.10. The van der Waals surface area contributed by atoms with Crippen LogP contribution in [-0.4, -0.2) is 66.5 Å². The minimum atomic E-state index is -3.76. The van der Waals surface area contributed by atoms with Crippen molar-refractivity contribution < 1.29 is 47.3 Å². The molecule has 0 unspecified atom stereocenters. The van der Waals surface area contributed by atoms with Gasteiger partial charge in [-0.05, 0) is 31.2 Å². The second-order valence-corrected chi connectivity index (χ2v) is 9.74. The number of methoxy groups -OCH3 is 1. The minimum Gasteiger partial charge on any atom is -0.493 e. The van der Waals surface area contributed by atoms with Crippen molar-refractivity contribution >= 4 is 14.0 Å². The van der Waals surface area contributed by atoms with E-state index in [1.165, 1.54) is 7.11 Å². The Hall–Kier alpha value is -2.14. The van der Waals surface area contributed by atoms with Gasteiger partial charge in [-0.1, -0.05) is 18.2 Å². The Morgan fingerprint density at radius 2 is 2.10 bits per heavy atom. The van der Waals surface area contributed by atoms with E-state index in [9.17, 15) is 9.36 Å². The molecule has 0 saturated carbocycles. The summed E-state index contributed by atoms with van der Waals surface area (Å²) in [6.45, 7) is 0.283. The molecule has 12 heteroatoms. The molecule has 6 aliphatic rings. The van der Waals surface area contributed by atoms with Gasteiger partial charge in [0.1, 0.15) is 0 Å². The van der Waals surface area contributed by atoms with E-state index in [-0.39, 0.29) is 18.5 Å². The molecule has 1 N–H and O–H groups in total. The van der Waals surface area contributed by atoms with E-state index in [4.69, 9.17) is 33.0 Å². The van der Waals surface area contributed by atoms with E-state index in [0.717, 1.165) is 5.56 Å². The molecular formula is C19H20NO10P. The smallest absolute Gasteiger partial charge is 0.493 e. The molecule has 31 heavy (non-hydrogen) atoms. The first kappa shape index (κ1) is 19.5. The number of carboxylic acid groups (broad SMARTS) is 1. The van der Waals surface area contributed by atoms with Crippen molar-refractivity contribution in [2.24, 2.45) is 5.92 Å². The number of fused-ring (bicyclic) bond motifs is 2. The molecular weight excluding hydrogens is 433 g/mol. The lowest BCUT2D eigenvalue weighted by Gasteiger charge is -2.57. The summed E-state index contributed by atoms with van der Waals surface area (Å²) < 4.78 is 42.3. The van der Waals surface area contributed by atoms with E-state index >= 15 is 0 Å². The predicted molar refractivity (Wildman–Crippen MR) is 100 cm³/mol. The van der Waals surface area contributed by atoms with Gasteiger partial charge in [0.05, 0.1) is 13.7 Å². The maximum absolute atomic E-state index is 12.9. The highest BCUT2D eigenvalue weighted by Gasteiger charge is 2.87. The van der Waals surface area contributed by atoms with Crippen LogP contribution < -0.4 is 9.47 Å². The second kappa shape index (κ2) is 6.22. The Labute approximate surface area is 176 Å². The van der Waals surface area contributed by atoms with Crippen molar-refractivity contribution in [1.29, 1.82) is 0 Å². The zero-order valence-electron chi connectivity index (χ0n) is 16.6. The molecule has 1 aliphatic carbocycles. The number of phosphoric acid groups is 1. The number of carbonyl (C=O) groups is 1. The van der Waals surface area contributed by atoms with Gasteiger partial charge < -0.3 is 14.6 Å². The molecule has 7 rings (SSSR count). The topological polar surface area (TPSA) is 122 Å². The van der Waals surface area contributed by atoms with Gasteiger partial charge in [0.25, 0.3) is 0 Å². The molecule has 4 fully saturated rings. The predicted octanol–water partition coefficient (Wildman–Crippen LogP) is 2.11. The quantitative estimate of drug-likeness (QED) is 0.313. The van der Waals surface area contributed by atoms with E-state index in [2.05, 4.69) is 9.79 Å². The van der Waals surface area contributed by atoms with Crippen LogP contribution in [0.25, 0.3) is 0 Å². The third-order valence-electron chi connectivity index (χ3n) is 6.70. The Balaban J connectivity index is 1.55. The number of benzene rings is 1. The van der Waals surface area contributed by atoms with Crippen LogP contribution in [0.3, 0.4) is 0 Å². The Bertz CT molecular complexity index is 1030. The lowest BCUT2D eigenvalue weighted by Crippen LogP contribution is -2.77. The maximum atomic E-state index is 12.9. The molecule has 166 valence electrons. The number of phosphoric ester groups is 1. The molecule has 4 saturated heterocycles. The van der Waals surface area contributed by atoms with Crippen molar-refractivity contribution in [1.82, 2.24) is 4.90 Å². The largest absolute Gasteiger partial charge is 0.537 e. The molecule has 5 atom stereocenters. The van der Waals surface area contributed by atoms with Crippen LogP contribution in [0.2, 0.25) is 0 Å². The van der Waals surface area contributed by atoms with Crippen molar-refractivity contribution in [2.45, 2.75) is 36.1 Å². The normalized spacial score (nSPS) is 44.1. The fourth-order valence-electron chi connectivity index (χ4n) is 5.54. The van der Waals surface area contributed by atoms with Gasteiger partial charge in [0.2, 0.25) is 5.79 Å². The van der Waals surface area contributed by atoms with Gasteiger partial charge in [-0.15, -0.1) is 0 Å². The molecule has 5 aliphatic heterocycles. The first-order valence-electron chi connectivity index (χ1n) is 9.80. The summed E-state index contributed by atoms with van der Waals surface area (Å²) in [6.07, 6.45) is 0.547. The Morgan fingerprint density at radius 1 is 1.29 bits per heavy atom. The van der Waals surface area contributed by atoms with Gasteiger partial charge in [-0.2, -0.15) is 4.89 Å². The van der Waals surface area contributed by atoms with Crippen molar-refractivity contribution in [3.63, 3.8) is 0 Å². The first-order valence-corrected chi connectivity index (χ1v) is 11.3. The number of nitrogens with zero attached hydrogens (tertiary/aromatic N) is 1. The lowest BCUT2D eigenvalue weighted by molar-refractivity contribution is -0.329. The Morgan fingerprint density at radius 3 is 2.84 bits per heavy atom. The van der Waals surface area contributed by atoms with Crippen LogP contribution >= 0.6 is 7.82 Å². The Kier molecular flexibility index (Phi) is 3.92. The van der Waals surface area contributed by atoms with Crippen LogP contribution in [0.4, 0.5) is 4.79 Å². The number of hydrogen-bond donors (Lipinski definition) is 1. The third kappa shape index (κ3) is 2.47. The number of rotatable bonds is 3. The SMILES string of the molecule is COc1ccc2cc1O[C@@H]1[C@@H](OOC(=O)O)C=C[C@@H]3[C@@H](C2)N(C)CC24OP(=O)(O2)O[C@@]314. The summed E-state index contributed by atoms with van der Waals surface area (Å²) in [6, 6.07) is 5.57. The average molecular weight is 453 g/mol. The van der Waals surface area contributed by atoms with Crippen LogP contribution in [-0.2, 0) is 34.3 Å². The molecule has 1 aromatic rings. The summed E-state index contributed by atoms with van der Waals surface area (Å²) in [7, 11) is -0.301. The summed E-state index contributed by atoms with van der Waals surface area (Å²) in [5.41, 5.74) is -0.337. The van der Waals surface area contributed by atoms with Crippen molar-refractivity contribution in [3.05, 3.63) is 35.9 Å². The molecule has 8 bridgehead atoms. The number of ether oxygens (including phenoxy) is 2.